The largest absolute Gasteiger partial charge is 0.458 e. The van der Waals surface area contributed by atoms with Crippen LogP contribution < -0.4 is 10.1 Å². The molecule has 0 spiro atoms. The standard InChI is InChI=1S/C20H11F6N3O4/c21-10-1-3-11(4-2-10)29-19(31)9-5-27-20(28-6-9)33-8-13(30)32-7-12-14(22)16(24)18(26)17(25)15(12)23/h1-6H,7-8H2,(H,29,31). The quantitative estimate of drug-likeness (QED) is 0.245. The number of amides is 1. The van der Waals surface area contributed by atoms with E-state index in [0.717, 1.165) is 24.5 Å². The van der Waals surface area contributed by atoms with Gasteiger partial charge in [0.1, 0.15) is 12.4 Å². The fourth-order valence-corrected chi connectivity index (χ4v) is 2.34. The highest BCUT2D eigenvalue weighted by molar-refractivity contribution is 6.03. The van der Waals surface area contributed by atoms with Crippen molar-refractivity contribution in [2.45, 2.75) is 6.61 Å². The molecular formula is C20H11F6N3O4. The van der Waals surface area contributed by atoms with E-state index in [0.29, 0.717) is 5.69 Å². The molecule has 7 nitrogen and oxygen atoms in total. The van der Waals surface area contributed by atoms with Crippen LogP contribution in [0.2, 0.25) is 0 Å². The number of benzene rings is 2. The minimum atomic E-state index is -2.34. The van der Waals surface area contributed by atoms with E-state index in [-0.39, 0.29) is 11.6 Å². The van der Waals surface area contributed by atoms with Gasteiger partial charge in [0.05, 0.1) is 11.1 Å². The Bertz CT molecular complexity index is 1160. The topological polar surface area (TPSA) is 90.4 Å². The predicted molar refractivity (Wildman–Crippen MR) is 97.9 cm³/mol. The number of aromatic nitrogens is 2. The summed E-state index contributed by atoms with van der Waals surface area (Å²) < 4.78 is 88.6. The van der Waals surface area contributed by atoms with Crippen LogP contribution in [0, 0.1) is 34.9 Å². The molecule has 0 aliphatic heterocycles. The van der Waals surface area contributed by atoms with Crippen LogP contribution in [-0.2, 0) is 16.1 Å². The van der Waals surface area contributed by atoms with Crippen molar-refractivity contribution in [2.24, 2.45) is 0 Å². The van der Waals surface area contributed by atoms with Gasteiger partial charge in [-0.3, -0.25) is 4.79 Å². The Hall–Kier alpha value is -4.16. The number of hydrogen-bond donors (Lipinski definition) is 1. The molecule has 3 rings (SSSR count). The number of carbonyl (C=O) groups is 2. The van der Waals surface area contributed by atoms with Gasteiger partial charge in [-0.25, -0.2) is 41.1 Å². The van der Waals surface area contributed by atoms with Gasteiger partial charge in [0, 0.05) is 18.1 Å². The Morgan fingerprint density at radius 1 is 0.818 bits per heavy atom. The van der Waals surface area contributed by atoms with E-state index >= 15 is 0 Å². The molecule has 2 aromatic carbocycles. The van der Waals surface area contributed by atoms with Gasteiger partial charge in [-0.15, -0.1) is 0 Å². The Labute approximate surface area is 181 Å². The number of ether oxygens (including phenoxy) is 2. The van der Waals surface area contributed by atoms with Crippen LogP contribution in [0.4, 0.5) is 32.0 Å². The molecule has 0 aliphatic rings. The van der Waals surface area contributed by atoms with E-state index in [1.165, 1.54) is 12.1 Å². The van der Waals surface area contributed by atoms with Crippen LogP contribution in [0.15, 0.2) is 36.7 Å². The lowest BCUT2D eigenvalue weighted by Crippen LogP contribution is -2.18. The third-order valence-electron chi connectivity index (χ3n) is 3.99. The van der Waals surface area contributed by atoms with Gasteiger partial charge in [-0.1, -0.05) is 0 Å². The van der Waals surface area contributed by atoms with Gasteiger partial charge in [-0.05, 0) is 24.3 Å². The highest BCUT2D eigenvalue weighted by Crippen LogP contribution is 2.23. The molecule has 13 heteroatoms. The van der Waals surface area contributed by atoms with Crippen LogP contribution in [0.5, 0.6) is 6.01 Å². The summed E-state index contributed by atoms with van der Waals surface area (Å²) in [5.74, 6) is -13.3. The molecule has 0 saturated carbocycles. The van der Waals surface area contributed by atoms with Gasteiger partial charge < -0.3 is 14.8 Å². The SMILES string of the molecule is O=C(COc1ncc(C(=O)Nc2ccc(F)cc2)cn1)OCc1c(F)c(F)c(F)c(F)c1F. The zero-order valence-corrected chi connectivity index (χ0v) is 16.2. The van der Waals surface area contributed by atoms with Gasteiger partial charge in [-0.2, -0.15) is 0 Å². The molecule has 0 atom stereocenters. The number of carbonyl (C=O) groups excluding carboxylic acids is 2. The number of nitrogens with one attached hydrogen (secondary N) is 1. The summed E-state index contributed by atoms with van der Waals surface area (Å²) in [5.41, 5.74) is -1.01. The minimum Gasteiger partial charge on any atom is -0.458 e. The second kappa shape index (κ2) is 9.97. The van der Waals surface area contributed by atoms with E-state index in [9.17, 15) is 35.9 Å². The summed E-state index contributed by atoms with van der Waals surface area (Å²) in [7, 11) is 0. The fourth-order valence-electron chi connectivity index (χ4n) is 2.34. The lowest BCUT2D eigenvalue weighted by atomic mass is 10.2. The van der Waals surface area contributed by atoms with Crippen molar-refractivity contribution in [3.8, 4) is 6.01 Å². The molecule has 1 aromatic heterocycles. The maximum atomic E-state index is 13.5. The molecule has 3 aromatic rings. The molecule has 0 aliphatic carbocycles. The first-order chi connectivity index (χ1) is 15.7. The Balaban J connectivity index is 1.53. The molecule has 0 radical (unpaired) electrons. The molecular weight excluding hydrogens is 460 g/mol. The molecule has 0 unspecified atom stereocenters. The van der Waals surface area contributed by atoms with Crippen molar-refractivity contribution in [1.82, 2.24) is 9.97 Å². The second-order valence-electron chi connectivity index (χ2n) is 6.21. The predicted octanol–water partition coefficient (Wildman–Crippen LogP) is 3.69. The fraction of sp³-hybridized carbons (Fsp3) is 0.100. The summed E-state index contributed by atoms with van der Waals surface area (Å²) >= 11 is 0. The van der Waals surface area contributed by atoms with Crippen LogP contribution in [0.25, 0.3) is 0 Å². The lowest BCUT2D eigenvalue weighted by Gasteiger charge is -2.09. The van der Waals surface area contributed by atoms with Gasteiger partial charge in [0.2, 0.25) is 5.82 Å². The van der Waals surface area contributed by atoms with Gasteiger partial charge >= 0.3 is 12.0 Å². The first-order valence-corrected chi connectivity index (χ1v) is 8.85. The third-order valence-corrected chi connectivity index (χ3v) is 3.99. The molecule has 0 saturated heterocycles. The summed E-state index contributed by atoms with van der Waals surface area (Å²) in [5, 5.41) is 2.47. The first kappa shape index (κ1) is 23.5. The average Bonchev–Trinajstić information content (AvgIpc) is 2.82. The molecule has 33 heavy (non-hydrogen) atoms. The zero-order chi connectivity index (χ0) is 24.1. The van der Waals surface area contributed by atoms with E-state index in [2.05, 4.69) is 20.0 Å². The van der Waals surface area contributed by atoms with Crippen LogP contribution in [0.1, 0.15) is 15.9 Å². The zero-order valence-electron chi connectivity index (χ0n) is 16.2. The normalized spacial score (nSPS) is 10.6. The lowest BCUT2D eigenvalue weighted by molar-refractivity contribution is -0.147. The molecule has 172 valence electrons. The van der Waals surface area contributed by atoms with Crippen LogP contribution in [0.3, 0.4) is 0 Å². The summed E-state index contributed by atoms with van der Waals surface area (Å²) in [6.45, 7) is -2.10. The summed E-state index contributed by atoms with van der Waals surface area (Å²) in [6, 6.07) is 4.59. The smallest absolute Gasteiger partial charge is 0.344 e. The maximum Gasteiger partial charge on any atom is 0.344 e. The van der Waals surface area contributed by atoms with E-state index in [1.807, 2.05) is 0 Å². The van der Waals surface area contributed by atoms with Gasteiger partial charge in [0.25, 0.3) is 5.91 Å². The number of halogens is 6. The number of nitrogens with zero attached hydrogens (tertiary/aromatic N) is 2. The molecule has 0 bridgehead atoms. The number of anilines is 1. The van der Waals surface area contributed by atoms with Crippen molar-refractivity contribution in [1.29, 1.82) is 0 Å². The number of esters is 1. The van der Waals surface area contributed by atoms with E-state index < -0.39 is 65.6 Å². The van der Waals surface area contributed by atoms with Crippen molar-refractivity contribution in [3.63, 3.8) is 0 Å². The first-order valence-electron chi connectivity index (χ1n) is 8.85. The summed E-state index contributed by atoms with van der Waals surface area (Å²) in [4.78, 5) is 31.1. The van der Waals surface area contributed by atoms with Crippen LogP contribution >= 0.6 is 0 Å². The Morgan fingerprint density at radius 2 is 1.36 bits per heavy atom. The van der Waals surface area contributed by atoms with Crippen LogP contribution in [-0.4, -0.2) is 28.5 Å². The summed E-state index contributed by atoms with van der Waals surface area (Å²) in [6.07, 6.45) is 2.11. The van der Waals surface area contributed by atoms with E-state index in [1.54, 1.807) is 0 Å². The van der Waals surface area contributed by atoms with Crippen molar-refractivity contribution in [3.05, 3.63) is 82.7 Å². The molecule has 1 amide bonds. The van der Waals surface area contributed by atoms with Crippen molar-refractivity contribution in [2.75, 3.05) is 11.9 Å². The third kappa shape index (κ3) is 5.56. The maximum absolute atomic E-state index is 13.5. The minimum absolute atomic E-state index is 0.000523. The van der Waals surface area contributed by atoms with E-state index in [4.69, 9.17) is 4.74 Å². The van der Waals surface area contributed by atoms with Gasteiger partial charge in [0.15, 0.2) is 29.9 Å². The number of rotatable bonds is 7. The van der Waals surface area contributed by atoms with Crippen molar-refractivity contribution >= 4 is 17.6 Å². The highest BCUT2D eigenvalue weighted by Gasteiger charge is 2.26. The number of hydrogen-bond acceptors (Lipinski definition) is 6. The molecule has 0 fully saturated rings. The monoisotopic (exact) mass is 471 g/mol. The Morgan fingerprint density at radius 3 is 1.94 bits per heavy atom. The highest BCUT2D eigenvalue weighted by atomic mass is 19.2. The Kier molecular flexibility index (Phi) is 7.10. The second-order valence-corrected chi connectivity index (χ2v) is 6.21. The average molecular weight is 471 g/mol. The van der Waals surface area contributed by atoms with Crippen molar-refractivity contribution < 1.29 is 45.4 Å². The molecule has 1 N–H and O–H groups in total. The molecule has 1 heterocycles.